The maximum Gasteiger partial charge on any atom is 0.315 e. The molecule has 1 fully saturated rings. The minimum atomic E-state index is -0.133. The summed E-state index contributed by atoms with van der Waals surface area (Å²) in [4.78, 5) is 14.3. The highest BCUT2D eigenvalue weighted by atomic mass is 16.3. The molecule has 0 bridgehead atoms. The fourth-order valence-corrected chi connectivity index (χ4v) is 2.66. The normalized spacial score (nSPS) is 18.6. The average Bonchev–Trinajstić information content (AvgIpc) is 2.55. The molecule has 22 heavy (non-hydrogen) atoms. The number of nitrogens with one attached hydrogen (secondary N) is 2. The Kier molecular flexibility index (Phi) is 6.07. The molecule has 3 N–H and O–H groups in total. The van der Waals surface area contributed by atoms with E-state index in [1.807, 2.05) is 19.9 Å². The molecule has 1 aromatic carbocycles. The Hall–Kier alpha value is -1.75. The zero-order valence-corrected chi connectivity index (χ0v) is 13.5. The van der Waals surface area contributed by atoms with Gasteiger partial charge in [-0.25, -0.2) is 4.79 Å². The van der Waals surface area contributed by atoms with Gasteiger partial charge in [0, 0.05) is 37.5 Å². The second-order valence-electron chi connectivity index (χ2n) is 6.16. The number of nitrogens with zero attached hydrogens (tertiary/aromatic N) is 1. The third kappa shape index (κ3) is 4.63. The molecule has 5 nitrogen and oxygen atoms in total. The van der Waals surface area contributed by atoms with E-state index in [2.05, 4.69) is 39.8 Å². The van der Waals surface area contributed by atoms with Crippen molar-refractivity contribution in [2.45, 2.75) is 38.8 Å². The zero-order chi connectivity index (χ0) is 15.9. The van der Waals surface area contributed by atoms with Crippen molar-refractivity contribution in [3.63, 3.8) is 0 Å². The lowest BCUT2D eigenvalue weighted by Gasteiger charge is -2.34. The molecule has 2 atom stereocenters. The molecule has 5 heteroatoms. The van der Waals surface area contributed by atoms with Crippen LogP contribution in [0.5, 0.6) is 0 Å². The third-order valence-corrected chi connectivity index (χ3v) is 4.45. The number of aliphatic hydroxyl groups is 1. The molecule has 0 aromatic heterocycles. The lowest BCUT2D eigenvalue weighted by atomic mass is 10.0. The molecule has 1 saturated heterocycles. The fraction of sp³-hybridized carbons (Fsp3) is 0.588. The summed E-state index contributed by atoms with van der Waals surface area (Å²) in [6, 6.07) is 10.4. The molecule has 1 aromatic rings. The Balaban J connectivity index is 1.74. The SMILES string of the molecule is CC(CO)C(C)NC(=O)NC1CCN(c2ccccc2)CC1. The van der Waals surface area contributed by atoms with Crippen LogP contribution >= 0.6 is 0 Å². The van der Waals surface area contributed by atoms with E-state index in [-0.39, 0.29) is 30.6 Å². The molecule has 1 heterocycles. The molecule has 2 amide bonds. The number of urea groups is 1. The predicted molar refractivity (Wildman–Crippen MR) is 89.1 cm³/mol. The topological polar surface area (TPSA) is 64.6 Å². The van der Waals surface area contributed by atoms with Crippen LogP contribution < -0.4 is 15.5 Å². The summed E-state index contributed by atoms with van der Waals surface area (Å²) in [5, 5.41) is 15.0. The van der Waals surface area contributed by atoms with Gasteiger partial charge in [-0.05, 0) is 37.8 Å². The molecule has 1 aliphatic heterocycles. The van der Waals surface area contributed by atoms with Gasteiger partial charge < -0.3 is 20.6 Å². The van der Waals surface area contributed by atoms with E-state index in [1.54, 1.807) is 0 Å². The molecular weight excluding hydrogens is 278 g/mol. The van der Waals surface area contributed by atoms with Crippen LogP contribution in [0.1, 0.15) is 26.7 Å². The Bertz CT molecular complexity index is 458. The largest absolute Gasteiger partial charge is 0.396 e. The molecule has 0 radical (unpaired) electrons. The molecule has 2 rings (SSSR count). The third-order valence-electron chi connectivity index (χ3n) is 4.45. The van der Waals surface area contributed by atoms with Gasteiger partial charge in [0.15, 0.2) is 0 Å². The van der Waals surface area contributed by atoms with Gasteiger partial charge >= 0.3 is 6.03 Å². The van der Waals surface area contributed by atoms with Crippen LogP contribution in [0.15, 0.2) is 30.3 Å². The highest BCUT2D eigenvalue weighted by Gasteiger charge is 2.22. The standard InChI is InChI=1S/C17H27N3O2/c1-13(12-21)14(2)18-17(22)19-15-8-10-20(11-9-15)16-6-4-3-5-7-16/h3-7,13-15,21H,8-12H2,1-2H3,(H2,18,19,22). The Morgan fingerprint density at radius 2 is 1.91 bits per heavy atom. The van der Waals surface area contributed by atoms with Crippen molar-refractivity contribution in [1.82, 2.24) is 10.6 Å². The summed E-state index contributed by atoms with van der Waals surface area (Å²) in [5.74, 6) is 0.0608. The van der Waals surface area contributed by atoms with Gasteiger partial charge in [0.2, 0.25) is 0 Å². The molecule has 1 aliphatic rings. The van der Waals surface area contributed by atoms with E-state index < -0.39 is 0 Å². The first-order valence-corrected chi connectivity index (χ1v) is 8.08. The van der Waals surface area contributed by atoms with Gasteiger partial charge in [-0.1, -0.05) is 25.1 Å². The lowest BCUT2D eigenvalue weighted by molar-refractivity contribution is 0.198. The van der Waals surface area contributed by atoms with Crippen molar-refractivity contribution in [3.8, 4) is 0 Å². The van der Waals surface area contributed by atoms with Gasteiger partial charge in [-0.2, -0.15) is 0 Å². The molecule has 0 spiro atoms. The van der Waals surface area contributed by atoms with Crippen molar-refractivity contribution in [2.75, 3.05) is 24.6 Å². The zero-order valence-electron chi connectivity index (χ0n) is 13.5. The van der Waals surface area contributed by atoms with Crippen LogP contribution in [-0.4, -0.2) is 42.9 Å². The quantitative estimate of drug-likeness (QED) is 0.779. The van der Waals surface area contributed by atoms with Crippen molar-refractivity contribution in [2.24, 2.45) is 5.92 Å². The first kappa shape index (κ1) is 16.6. The monoisotopic (exact) mass is 305 g/mol. The maximum absolute atomic E-state index is 12.0. The van der Waals surface area contributed by atoms with E-state index in [0.717, 1.165) is 25.9 Å². The summed E-state index contributed by atoms with van der Waals surface area (Å²) in [7, 11) is 0. The van der Waals surface area contributed by atoms with Crippen LogP contribution in [0, 0.1) is 5.92 Å². The van der Waals surface area contributed by atoms with Crippen molar-refractivity contribution >= 4 is 11.7 Å². The number of hydrogen-bond acceptors (Lipinski definition) is 3. The highest BCUT2D eigenvalue weighted by Crippen LogP contribution is 2.19. The number of para-hydroxylation sites is 1. The highest BCUT2D eigenvalue weighted by molar-refractivity contribution is 5.74. The van der Waals surface area contributed by atoms with E-state index in [1.165, 1.54) is 5.69 Å². The number of piperidine rings is 1. The number of anilines is 1. The number of amides is 2. The second-order valence-corrected chi connectivity index (χ2v) is 6.16. The number of carbonyl (C=O) groups is 1. The lowest BCUT2D eigenvalue weighted by Crippen LogP contribution is -2.50. The van der Waals surface area contributed by atoms with Gasteiger partial charge in [0.25, 0.3) is 0 Å². The fourth-order valence-electron chi connectivity index (χ4n) is 2.66. The summed E-state index contributed by atoms with van der Waals surface area (Å²) in [5.41, 5.74) is 1.25. The van der Waals surface area contributed by atoms with E-state index >= 15 is 0 Å². The summed E-state index contributed by atoms with van der Waals surface area (Å²) in [6.45, 7) is 5.83. The Morgan fingerprint density at radius 1 is 1.27 bits per heavy atom. The number of carbonyl (C=O) groups excluding carboxylic acids is 1. The molecule has 0 saturated carbocycles. The minimum absolute atomic E-state index is 0.0330. The van der Waals surface area contributed by atoms with Crippen LogP contribution in [0.3, 0.4) is 0 Å². The van der Waals surface area contributed by atoms with Crippen LogP contribution in [-0.2, 0) is 0 Å². The van der Waals surface area contributed by atoms with Crippen LogP contribution in [0.4, 0.5) is 10.5 Å². The van der Waals surface area contributed by atoms with E-state index in [9.17, 15) is 4.79 Å². The second kappa shape index (κ2) is 8.03. The van der Waals surface area contributed by atoms with Crippen molar-refractivity contribution in [1.29, 1.82) is 0 Å². The average molecular weight is 305 g/mol. The van der Waals surface area contributed by atoms with Gasteiger partial charge in [-0.15, -0.1) is 0 Å². The van der Waals surface area contributed by atoms with Gasteiger partial charge in [0.05, 0.1) is 0 Å². The Labute approximate surface area is 132 Å². The van der Waals surface area contributed by atoms with Gasteiger partial charge in [0.1, 0.15) is 0 Å². The smallest absolute Gasteiger partial charge is 0.315 e. The number of aliphatic hydroxyl groups excluding tert-OH is 1. The first-order valence-electron chi connectivity index (χ1n) is 8.08. The summed E-state index contributed by atoms with van der Waals surface area (Å²) in [6.07, 6.45) is 1.90. The summed E-state index contributed by atoms with van der Waals surface area (Å²) < 4.78 is 0. The number of hydrogen-bond donors (Lipinski definition) is 3. The first-order chi connectivity index (χ1) is 10.6. The molecule has 0 aliphatic carbocycles. The number of rotatable bonds is 5. The van der Waals surface area contributed by atoms with Gasteiger partial charge in [-0.3, -0.25) is 0 Å². The van der Waals surface area contributed by atoms with E-state index in [0.29, 0.717) is 0 Å². The van der Waals surface area contributed by atoms with E-state index in [4.69, 9.17) is 5.11 Å². The molecular formula is C17H27N3O2. The van der Waals surface area contributed by atoms with Crippen molar-refractivity contribution < 1.29 is 9.90 Å². The van der Waals surface area contributed by atoms with Crippen LogP contribution in [0.25, 0.3) is 0 Å². The predicted octanol–water partition coefficient (Wildman–Crippen LogP) is 1.97. The van der Waals surface area contributed by atoms with Crippen LogP contribution in [0.2, 0.25) is 0 Å². The maximum atomic E-state index is 12.0. The Morgan fingerprint density at radius 3 is 2.50 bits per heavy atom. The van der Waals surface area contributed by atoms with Crippen molar-refractivity contribution in [3.05, 3.63) is 30.3 Å². The number of benzene rings is 1. The molecule has 2 unspecified atom stereocenters. The molecule has 122 valence electrons. The minimum Gasteiger partial charge on any atom is -0.396 e. The summed E-state index contributed by atoms with van der Waals surface area (Å²) >= 11 is 0.